The number of nitrogens with one attached hydrogen (secondary N) is 1. The zero-order chi connectivity index (χ0) is 25.4. The Hall–Kier alpha value is -3.75. The van der Waals surface area contributed by atoms with Crippen LogP contribution in [0.3, 0.4) is 0 Å². The van der Waals surface area contributed by atoms with Crippen molar-refractivity contribution in [2.75, 3.05) is 26.3 Å². The van der Waals surface area contributed by atoms with Gasteiger partial charge in [-0.25, -0.2) is 0 Å². The highest BCUT2D eigenvalue weighted by atomic mass is 16.5. The number of pyridine rings is 1. The van der Waals surface area contributed by atoms with Crippen molar-refractivity contribution in [1.82, 2.24) is 24.6 Å². The van der Waals surface area contributed by atoms with Crippen molar-refractivity contribution in [3.63, 3.8) is 0 Å². The Bertz CT molecular complexity index is 1490. The molecule has 0 atom stereocenters. The van der Waals surface area contributed by atoms with Crippen LogP contribution in [0.2, 0.25) is 0 Å². The van der Waals surface area contributed by atoms with Crippen molar-refractivity contribution in [2.24, 2.45) is 7.05 Å². The topological polar surface area (TPSA) is 81.4 Å². The molecule has 0 spiro atoms. The minimum atomic E-state index is -0.0548. The molecular formula is C29H31N5O3. The van der Waals surface area contributed by atoms with Crippen LogP contribution in [0.15, 0.2) is 71.8 Å². The monoisotopic (exact) mass is 497 g/mol. The molecule has 2 fully saturated rings. The van der Waals surface area contributed by atoms with Gasteiger partial charge >= 0.3 is 0 Å². The lowest BCUT2D eigenvalue weighted by Gasteiger charge is -2.41. The van der Waals surface area contributed by atoms with Crippen molar-refractivity contribution in [3.8, 4) is 11.3 Å². The SMILES string of the molecule is Cn1nccc1-c1ccc2c(=O)n(Cc3cccc(C(=O)NC4CCN(C5COC5)CC4)c3)ccc2c1. The van der Waals surface area contributed by atoms with Gasteiger partial charge in [0.15, 0.2) is 0 Å². The number of amides is 1. The van der Waals surface area contributed by atoms with Crippen LogP contribution in [-0.2, 0) is 18.3 Å². The second-order valence-corrected chi connectivity index (χ2v) is 10.1. The maximum atomic E-state index is 13.2. The lowest BCUT2D eigenvalue weighted by atomic mass is 10.0. The molecule has 190 valence electrons. The molecule has 4 heterocycles. The number of aryl methyl sites for hydroxylation is 1. The molecule has 0 bridgehead atoms. The van der Waals surface area contributed by atoms with E-state index in [0.717, 1.165) is 61.4 Å². The molecule has 0 saturated carbocycles. The van der Waals surface area contributed by atoms with Gasteiger partial charge in [0.05, 0.1) is 31.5 Å². The fraction of sp³-hybridized carbons (Fsp3) is 0.345. The van der Waals surface area contributed by atoms with Crippen LogP contribution in [0, 0.1) is 0 Å². The van der Waals surface area contributed by atoms with Gasteiger partial charge in [0.2, 0.25) is 0 Å². The van der Waals surface area contributed by atoms with Crippen molar-refractivity contribution in [3.05, 3.63) is 88.5 Å². The number of carbonyl (C=O) groups excluding carboxylic acids is 1. The predicted molar refractivity (Wildman–Crippen MR) is 143 cm³/mol. The van der Waals surface area contributed by atoms with Gasteiger partial charge in [-0.15, -0.1) is 0 Å². The van der Waals surface area contributed by atoms with Crippen molar-refractivity contribution >= 4 is 16.7 Å². The third kappa shape index (κ3) is 4.82. The first-order valence-corrected chi connectivity index (χ1v) is 12.9. The Balaban J connectivity index is 1.14. The van der Waals surface area contributed by atoms with Gasteiger partial charge in [-0.3, -0.25) is 19.2 Å². The fourth-order valence-electron chi connectivity index (χ4n) is 5.35. The molecule has 0 radical (unpaired) electrons. The van der Waals surface area contributed by atoms with E-state index in [-0.39, 0.29) is 17.5 Å². The fourth-order valence-corrected chi connectivity index (χ4v) is 5.35. The summed E-state index contributed by atoms with van der Waals surface area (Å²) < 4.78 is 8.82. The smallest absolute Gasteiger partial charge is 0.258 e. The predicted octanol–water partition coefficient (Wildman–Crippen LogP) is 3.04. The number of ether oxygens (including phenoxy) is 1. The minimum Gasteiger partial charge on any atom is -0.378 e. The number of aromatic nitrogens is 3. The Labute approximate surface area is 215 Å². The number of likely N-dealkylation sites (tertiary alicyclic amines) is 1. The quantitative estimate of drug-likeness (QED) is 0.443. The first kappa shape index (κ1) is 23.6. The average molecular weight is 498 g/mol. The molecule has 2 aromatic heterocycles. The van der Waals surface area contributed by atoms with Gasteiger partial charge in [0.1, 0.15) is 0 Å². The summed E-state index contributed by atoms with van der Waals surface area (Å²) in [5.41, 5.74) is 3.51. The molecule has 2 saturated heterocycles. The molecule has 8 nitrogen and oxygen atoms in total. The number of benzene rings is 2. The largest absolute Gasteiger partial charge is 0.378 e. The van der Waals surface area contributed by atoms with Gasteiger partial charge in [0, 0.05) is 55.1 Å². The molecule has 1 N–H and O–H groups in total. The Morgan fingerprint density at radius 3 is 2.65 bits per heavy atom. The molecule has 6 rings (SSSR count). The molecule has 0 aliphatic carbocycles. The second kappa shape index (κ2) is 9.95. The van der Waals surface area contributed by atoms with Crippen LogP contribution in [0.1, 0.15) is 28.8 Å². The number of carbonyl (C=O) groups is 1. The van der Waals surface area contributed by atoms with Crippen molar-refractivity contribution in [2.45, 2.75) is 31.5 Å². The minimum absolute atomic E-state index is 0.0486. The summed E-state index contributed by atoms with van der Waals surface area (Å²) >= 11 is 0. The number of hydrogen-bond donors (Lipinski definition) is 1. The molecule has 2 aliphatic heterocycles. The third-order valence-corrected chi connectivity index (χ3v) is 7.64. The van der Waals surface area contributed by atoms with Crippen LogP contribution in [0.4, 0.5) is 0 Å². The lowest BCUT2D eigenvalue weighted by Crippen LogP contribution is -2.54. The van der Waals surface area contributed by atoms with Gasteiger partial charge in [-0.05, 0) is 60.2 Å². The van der Waals surface area contributed by atoms with Crippen LogP contribution in [0.5, 0.6) is 0 Å². The van der Waals surface area contributed by atoms with Crippen LogP contribution in [0.25, 0.3) is 22.0 Å². The standard InChI is InChI=1S/C29H31N5O3/c1-32-27(7-11-30-32)22-5-6-26-21(16-22)8-12-34(29(26)36)17-20-3-2-4-23(15-20)28(35)31-24-9-13-33(14-10-24)25-18-37-19-25/h2-8,11-12,15-16,24-25H,9-10,13-14,17-19H2,1H3,(H,31,35). The average Bonchev–Trinajstić information content (AvgIpc) is 3.31. The molecule has 1 amide bonds. The highest BCUT2D eigenvalue weighted by molar-refractivity contribution is 5.94. The first-order chi connectivity index (χ1) is 18.0. The van der Waals surface area contributed by atoms with E-state index >= 15 is 0 Å². The van der Waals surface area contributed by atoms with E-state index in [1.165, 1.54) is 0 Å². The molecule has 0 unspecified atom stereocenters. The highest BCUT2D eigenvalue weighted by Gasteiger charge is 2.30. The maximum absolute atomic E-state index is 13.2. The highest BCUT2D eigenvalue weighted by Crippen LogP contribution is 2.23. The number of fused-ring (bicyclic) bond motifs is 1. The number of nitrogens with zero attached hydrogens (tertiary/aromatic N) is 4. The number of rotatable bonds is 6. The van der Waals surface area contributed by atoms with E-state index in [1.807, 2.05) is 72.5 Å². The van der Waals surface area contributed by atoms with Gasteiger partial charge in [0.25, 0.3) is 11.5 Å². The van der Waals surface area contributed by atoms with Crippen LogP contribution >= 0.6 is 0 Å². The summed E-state index contributed by atoms with van der Waals surface area (Å²) in [5, 5.41) is 9.00. The van der Waals surface area contributed by atoms with Gasteiger partial charge in [-0.2, -0.15) is 5.10 Å². The van der Waals surface area contributed by atoms with Crippen molar-refractivity contribution in [1.29, 1.82) is 0 Å². The number of piperidine rings is 1. The summed E-state index contributed by atoms with van der Waals surface area (Å²) in [6, 6.07) is 18.1. The number of hydrogen-bond acceptors (Lipinski definition) is 5. The van der Waals surface area contributed by atoms with Crippen LogP contribution < -0.4 is 10.9 Å². The molecule has 37 heavy (non-hydrogen) atoms. The molecule has 4 aromatic rings. The Morgan fingerprint density at radius 1 is 1.08 bits per heavy atom. The molecular weight excluding hydrogens is 466 g/mol. The van der Waals surface area contributed by atoms with Crippen molar-refractivity contribution < 1.29 is 9.53 Å². The Kier molecular flexibility index (Phi) is 6.36. The van der Waals surface area contributed by atoms with E-state index in [9.17, 15) is 9.59 Å². The van der Waals surface area contributed by atoms with E-state index in [2.05, 4.69) is 15.3 Å². The van der Waals surface area contributed by atoms with Crippen LogP contribution in [-0.4, -0.2) is 63.5 Å². The molecule has 2 aliphatic rings. The summed E-state index contributed by atoms with van der Waals surface area (Å²) in [5.74, 6) is -0.0548. The summed E-state index contributed by atoms with van der Waals surface area (Å²) in [6.07, 6.45) is 5.50. The normalized spacial score (nSPS) is 17.1. The first-order valence-electron chi connectivity index (χ1n) is 12.9. The summed E-state index contributed by atoms with van der Waals surface area (Å²) in [7, 11) is 1.90. The third-order valence-electron chi connectivity index (χ3n) is 7.64. The molecule has 2 aromatic carbocycles. The molecule has 8 heteroatoms. The van der Waals surface area contributed by atoms with E-state index in [1.54, 1.807) is 10.8 Å². The summed E-state index contributed by atoms with van der Waals surface area (Å²) in [4.78, 5) is 28.7. The second-order valence-electron chi connectivity index (χ2n) is 10.1. The lowest BCUT2D eigenvalue weighted by molar-refractivity contribution is -0.0716. The van der Waals surface area contributed by atoms with E-state index in [4.69, 9.17) is 4.74 Å². The zero-order valence-electron chi connectivity index (χ0n) is 21.0. The zero-order valence-corrected chi connectivity index (χ0v) is 21.0. The van der Waals surface area contributed by atoms with E-state index < -0.39 is 0 Å². The maximum Gasteiger partial charge on any atom is 0.258 e. The summed E-state index contributed by atoms with van der Waals surface area (Å²) in [6.45, 7) is 4.05. The van der Waals surface area contributed by atoms with Gasteiger partial charge < -0.3 is 14.6 Å². The van der Waals surface area contributed by atoms with E-state index in [0.29, 0.717) is 23.5 Å². The Morgan fingerprint density at radius 2 is 1.92 bits per heavy atom. The van der Waals surface area contributed by atoms with Gasteiger partial charge in [-0.1, -0.05) is 18.2 Å².